The van der Waals surface area contributed by atoms with E-state index in [1.807, 2.05) is 0 Å². The van der Waals surface area contributed by atoms with Gasteiger partial charge < -0.3 is 20.4 Å². The molecule has 130 valence electrons. The predicted molar refractivity (Wildman–Crippen MR) is 85.0 cm³/mol. The summed E-state index contributed by atoms with van der Waals surface area (Å²) in [5.41, 5.74) is 5.26. The van der Waals surface area contributed by atoms with Gasteiger partial charge in [0.1, 0.15) is 0 Å². The predicted octanol–water partition coefficient (Wildman–Crippen LogP) is -0.688. The molecule has 1 unspecified atom stereocenters. The van der Waals surface area contributed by atoms with E-state index in [0.29, 0.717) is 6.61 Å². The Hall–Kier alpha value is -0.100. The molecule has 23 heavy (non-hydrogen) atoms. The van der Waals surface area contributed by atoms with Crippen LogP contribution in [0.5, 0.6) is 0 Å². The van der Waals surface area contributed by atoms with E-state index < -0.39 is 12.0 Å². The SMILES string of the molecule is CCCCCCCCCCCCOC(=O)CCC(N)C(=O)[O-].[Na+]. The maximum Gasteiger partial charge on any atom is 1.00 e. The van der Waals surface area contributed by atoms with Crippen LogP contribution in [0.1, 0.15) is 84.0 Å². The topological polar surface area (TPSA) is 92.5 Å². The van der Waals surface area contributed by atoms with Crippen molar-refractivity contribution in [3.8, 4) is 0 Å². The maximum atomic E-state index is 11.3. The van der Waals surface area contributed by atoms with Gasteiger partial charge in [0, 0.05) is 12.5 Å². The molecule has 0 bridgehead atoms. The summed E-state index contributed by atoms with van der Waals surface area (Å²) in [6, 6.07) is -1.09. The molecule has 6 heteroatoms. The fourth-order valence-corrected chi connectivity index (χ4v) is 2.24. The number of carboxylic acid groups (broad SMARTS) is 1. The summed E-state index contributed by atoms with van der Waals surface area (Å²) in [6.07, 6.45) is 12.4. The number of nitrogens with two attached hydrogens (primary N) is 1. The van der Waals surface area contributed by atoms with Crippen LogP contribution in [0.15, 0.2) is 0 Å². The monoisotopic (exact) mass is 337 g/mol. The quantitative estimate of drug-likeness (QED) is 0.243. The van der Waals surface area contributed by atoms with Gasteiger partial charge in [-0.15, -0.1) is 0 Å². The van der Waals surface area contributed by atoms with Crippen molar-refractivity contribution in [3.63, 3.8) is 0 Å². The number of unbranched alkanes of at least 4 members (excludes halogenated alkanes) is 9. The number of esters is 1. The van der Waals surface area contributed by atoms with Gasteiger partial charge in [-0.3, -0.25) is 4.79 Å². The molecule has 1 atom stereocenters. The van der Waals surface area contributed by atoms with E-state index >= 15 is 0 Å². The van der Waals surface area contributed by atoms with Gasteiger partial charge in [-0.1, -0.05) is 64.7 Å². The molecule has 0 spiro atoms. The molecule has 0 rings (SSSR count). The van der Waals surface area contributed by atoms with Crippen LogP contribution in [0.4, 0.5) is 0 Å². The van der Waals surface area contributed by atoms with E-state index in [2.05, 4.69) is 6.92 Å². The molecule has 0 radical (unpaired) electrons. The number of hydrogen-bond acceptors (Lipinski definition) is 5. The molecule has 5 nitrogen and oxygen atoms in total. The fourth-order valence-electron chi connectivity index (χ4n) is 2.24. The molecule has 0 heterocycles. The van der Waals surface area contributed by atoms with Gasteiger partial charge in [-0.05, 0) is 12.8 Å². The smallest absolute Gasteiger partial charge is 0.548 e. The number of carbonyl (C=O) groups excluding carboxylic acids is 2. The Morgan fingerprint density at radius 1 is 0.957 bits per heavy atom. The minimum Gasteiger partial charge on any atom is -0.548 e. The molecule has 0 aromatic carbocycles. The van der Waals surface area contributed by atoms with Crippen molar-refractivity contribution in [2.75, 3.05) is 6.61 Å². The molecule has 0 aromatic heterocycles. The van der Waals surface area contributed by atoms with E-state index in [4.69, 9.17) is 10.5 Å². The van der Waals surface area contributed by atoms with Crippen molar-refractivity contribution in [2.24, 2.45) is 5.73 Å². The summed E-state index contributed by atoms with van der Waals surface area (Å²) in [5.74, 6) is -1.71. The van der Waals surface area contributed by atoms with Gasteiger partial charge in [-0.25, -0.2) is 0 Å². The number of carboxylic acids is 1. The first kappa shape index (κ1) is 25.1. The largest absolute Gasteiger partial charge is 1.00 e. The Labute approximate surface area is 163 Å². The summed E-state index contributed by atoms with van der Waals surface area (Å²) >= 11 is 0. The van der Waals surface area contributed by atoms with E-state index in [1.54, 1.807) is 0 Å². The second-order valence-electron chi connectivity index (χ2n) is 5.87. The Morgan fingerprint density at radius 2 is 1.43 bits per heavy atom. The molecule has 0 saturated carbocycles. The first-order valence-electron chi connectivity index (χ1n) is 8.70. The van der Waals surface area contributed by atoms with Crippen molar-refractivity contribution in [2.45, 2.75) is 90.0 Å². The van der Waals surface area contributed by atoms with Crippen LogP contribution >= 0.6 is 0 Å². The van der Waals surface area contributed by atoms with Gasteiger partial charge in [0.15, 0.2) is 0 Å². The van der Waals surface area contributed by atoms with Crippen molar-refractivity contribution in [3.05, 3.63) is 0 Å². The normalized spacial score (nSPS) is 11.6. The molecule has 0 fully saturated rings. The Kier molecular flexibility index (Phi) is 19.9. The number of aliphatic carboxylic acids is 1. The van der Waals surface area contributed by atoms with Gasteiger partial charge in [0.25, 0.3) is 0 Å². The Morgan fingerprint density at radius 3 is 1.91 bits per heavy atom. The van der Waals surface area contributed by atoms with Crippen LogP contribution in [0.3, 0.4) is 0 Å². The summed E-state index contributed by atoms with van der Waals surface area (Å²) < 4.78 is 5.04. The van der Waals surface area contributed by atoms with Crippen LogP contribution in [-0.2, 0) is 14.3 Å². The minimum atomic E-state index is -1.33. The fraction of sp³-hybridized carbons (Fsp3) is 0.882. The van der Waals surface area contributed by atoms with Gasteiger partial charge in [0.2, 0.25) is 0 Å². The van der Waals surface area contributed by atoms with Crippen LogP contribution in [0.25, 0.3) is 0 Å². The molecule has 0 amide bonds. The molecular weight excluding hydrogens is 305 g/mol. The standard InChI is InChI=1S/C17H33NO4.Na/c1-2-3-4-5-6-7-8-9-10-11-14-22-16(19)13-12-15(18)17(20)21;/h15H,2-14,18H2,1H3,(H,20,21);/q;+1/p-1. The average Bonchev–Trinajstić information content (AvgIpc) is 2.50. The first-order chi connectivity index (χ1) is 10.6. The van der Waals surface area contributed by atoms with Gasteiger partial charge in [-0.2, -0.15) is 0 Å². The molecule has 0 aliphatic heterocycles. The zero-order valence-electron chi connectivity index (χ0n) is 15.0. The Balaban J connectivity index is 0. The minimum absolute atomic E-state index is 0. The number of ether oxygens (including phenoxy) is 1. The third-order valence-corrected chi connectivity index (χ3v) is 3.72. The maximum absolute atomic E-state index is 11.3. The summed E-state index contributed by atoms with van der Waals surface area (Å²) in [7, 11) is 0. The molecule has 0 saturated heterocycles. The van der Waals surface area contributed by atoms with Crippen molar-refractivity contribution in [1.29, 1.82) is 0 Å². The Bertz CT molecular complexity index is 300. The molecule has 0 aliphatic carbocycles. The molecule has 2 N–H and O–H groups in total. The molecular formula is C17H32NNaO4. The summed E-state index contributed by atoms with van der Waals surface area (Å²) in [6.45, 7) is 2.64. The van der Waals surface area contributed by atoms with Crippen LogP contribution < -0.4 is 40.4 Å². The van der Waals surface area contributed by atoms with Crippen LogP contribution in [0.2, 0.25) is 0 Å². The van der Waals surface area contributed by atoms with Crippen LogP contribution in [-0.4, -0.2) is 24.6 Å². The van der Waals surface area contributed by atoms with E-state index in [0.717, 1.165) is 12.8 Å². The zero-order valence-corrected chi connectivity index (χ0v) is 17.0. The van der Waals surface area contributed by atoms with Crippen LogP contribution in [0, 0.1) is 0 Å². The van der Waals surface area contributed by atoms with Gasteiger partial charge >= 0.3 is 35.5 Å². The number of carbonyl (C=O) groups is 2. The van der Waals surface area contributed by atoms with E-state index in [-0.39, 0.29) is 48.4 Å². The van der Waals surface area contributed by atoms with Crippen molar-refractivity contribution in [1.82, 2.24) is 0 Å². The second kappa shape index (κ2) is 18.2. The van der Waals surface area contributed by atoms with Crippen molar-refractivity contribution >= 4 is 11.9 Å². The molecule has 0 aliphatic rings. The third-order valence-electron chi connectivity index (χ3n) is 3.72. The first-order valence-corrected chi connectivity index (χ1v) is 8.70. The number of rotatable bonds is 15. The third kappa shape index (κ3) is 18.1. The number of hydrogen-bond donors (Lipinski definition) is 1. The summed E-state index contributed by atoms with van der Waals surface area (Å²) in [4.78, 5) is 21.7. The van der Waals surface area contributed by atoms with E-state index in [1.165, 1.54) is 51.4 Å². The second-order valence-corrected chi connectivity index (χ2v) is 5.87. The van der Waals surface area contributed by atoms with E-state index in [9.17, 15) is 14.7 Å². The summed E-state index contributed by atoms with van der Waals surface area (Å²) in [5, 5.41) is 10.4. The molecule has 0 aromatic rings. The zero-order chi connectivity index (χ0) is 16.6. The van der Waals surface area contributed by atoms with Gasteiger partial charge in [0.05, 0.1) is 12.6 Å². The average molecular weight is 337 g/mol. The van der Waals surface area contributed by atoms with Crippen molar-refractivity contribution < 1.29 is 49.0 Å².